The molecule has 0 radical (unpaired) electrons. The van der Waals surface area contributed by atoms with E-state index in [2.05, 4.69) is 11.9 Å². The maximum atomic E-state index is 12.9. The summed E-state index contributed by atoms with van der Waals surface area (Å²) in [6, 6.07) is 9.45. The van der Waals surface area contributed by atoms with Crippen LogP contribution in [-0.2, 0) is 20.9 Å². The molecule has 4 atom stereocenters. The fourth-order valence-electron chi connectivity index (χ4n) is 3.14. The number of hydrogen-bond acceptors (Lipinski definition) is 5. The molecule has 6 heteroatoms. The van der Waals surface area contributed by atoms with Gasteiger partial charge in [-0.05, 0) is 19.4 Å². The predicted molar refractivity (Wildman–Crippen MR) is 98.4 cm³/mol. The van der Waals surface area contributed by atoms with Gasteiger partial charge in [-0.25, -0.2) is 0 Å². The molecule has 1 saturated carbocycles. The van der Waals surface area contributed by atoms with Crippen LogP contribution >= 0.6 is 0 Å². The van der Waals surface area contributed by atoms with E-state index in [1.807, 2.05) is 44.2 Å². The van der Waals surface area contributed by atoms with Crippen LogP contribution in [0.3, 0.4) is 0 Å². The van der Waals surface area contributed by atoms with Crippen LogP contribution in [-0.4, -0.2) is 52.7 Å². The molecule has 0 heterocycles. The van der Waals surface area contributed by atoms with Gasteiger partial charge in [-0.15, -0.1) is 6.58 Å². The molecule has 0 spiro atoms. The zero-order chi connectivity index (χ0) is 19.2. The number of benzene rings is 1. The second-order valence-electron chi connectivity index (χ2n) is 7.02. The van der Waals surface area contributed by atoms with Crippen molar-refractivity contribution in [3.63, 3.8) is 0 Å². The summed E-state index contributed by atoms with van der Waals surface area (Å²) in [5.41, 5.74) is -0.349. The van der Waals surface area contributed by atoms with Crippen LogP contribution in [0.1, 0.15) is 32.3 Å². The highest BCUT2D eigenvalue weighted by atomic mass is 16.5. The van der Waals surface area contributed by atoms with Crippen molar-refractivity contribution in [3.8, 4) is 0 Å². The molecule has 1 aliphatic rings. The van der Waals surface area contributed by atoms with Gasteiger partial charge in [-0.3, -0.25) is 4.79 Å². The lowest BCUT2D eigenvalue weighted by Gasteiger charge is -2.44. The zero-order valence-electron chi connectivity index (χ0n) is 15.4. The van der Waals surface area contributed by atoms with Gasteiger partial charge in [-0.1, -0.05) is 36.4 Å². The van der Waals surface area contributed by atoms with E-state index in [1.54, 1.807) is 6.08 Å². The summed E-state index contributed by atoms with van der Waals surface area (Å²) in [4.78, 5) is 12.9. The Labute approximate surface area is 154 Å². The van der Waals surface area contributed by atoms with Crippen LogP contribution < -0.4 is 5.32 Å². The number of aliphatic hydroxyl groups excluding tert-OH is 2. The molecule has 3 N–H and O–H groups in total. The number of rotatable bonds is 8. The maximum Gasteiger partial charge on any atom is 0.252 e. The Morgan fingerprint density at radius 1 is 1.35 bits per heavy atom. The summed E-state index contributed by atoms with van der Waals surface area (Å²) in [6.45, 7) is 7.77. The minimum absolute atomic E-state index is 0.00744. The second-order valence-corrected chi connectivity index (χ2v) is 7.02. The fourth-order valence-corrected chi connectivity index (χ4v) is 3.14. The van der Waals surface area contributed by atoms with Gasteiger partial charge in [0.2, 0.25) is 0 Å². The topological polar surface area (TPSA) is 88.0 Å². The van der Waals surface area contributed by atoms with Gasteiger partial charge in [0.15, 0.2) is 5.60 Å². The lowest BCUT2D eigenvalue weighted by Crippen LogP contribution is -2.61. The van der Waals surface area contributed by atoms with Crippen molar-refractivity contribution < 1.29 is 24.5 Å². The number of carbonyl (C=O) groups excluding carboxylic acids is 1. The molecule has 2 rings (SSSR count). The van der Waals surface area contributed by atoms with Gasteiger partial charge in [-0.2, -0.15) is 0 Å². The van der Waals surface area contributed by atoms with Crippen LogP contribution in [0, 0.1) is 0 Å². The highest BCUT2D eigenvalue weighted by Gasteiger charge is 2.51. The summed E-state index contributed by atoms with van der Waals surface area (Å²) >= 11 is 0. The smallest absolute Gasteiger partial charge is 0.252 e. The van der Waals surface area contributed by atoms with Crippen molar-refractivity contribution in [1.82, 2.24) is 5.32 Å². The van der Waals surface area contributed by atoms with Crippen LogP contribution in [0.15, 0.2) is 43.0 Å². The minimum atomic E-state index is -1.27. The van der Waals surface area contributed by atoms with Crippen molar-refractivity contribution in [2.45, 2.75) is 63.3 Å². The SMILES string of the molecule is C=CCO[C@H]1C[C@](OCc2ccccc2)(C(=O)NC(C)C)C[C@@H](O)[C@H]1O. The van der Waals surface area contributed by atoms with Crippen molar-refractivity contribution in [2.24, 2.45) is 0 Å². The van der Waals surface area contributed by atoms with Gasteiger partial charge in [0, 0.05) is 18.9 Å². The van der Waals surface area contributed by atoms with Gasteiger partial charge in [0.05, 0.1) is 25.4 Å². The van der Waals surface area contributed by atoms with Crippen molar-refractivity contribution in [2.75, 3.05) is 6.61 Å². The lowest BCUT2D eigenvalue weighted by molar-refractivity contribution is -0.196. The standard InChI is InChI=1S/C20H29NO5/c1-4-10-25-17-12-20(11-16(22)18(17)23,19(24)21-14(2)3)26-13-15-8-6-5-7-9-15/h4-9,14,16-18,22-23H,1,10-13H2,2-3H3,(H,21,24)/t16-,17+,18-,20+/m1/s1. The first-order valence-electron chi connectivity index (χ1n) is 8.95. The summed E-state index contributed by atoms with van der Waals surface area (Å²) < 4.78 is 11.6. The Balaban J connectivity index is 2.23. The largest absolute Gasteiger partial charge is 0.390 e. The number of carbonyl (C=O) groups is 1. The number of amides is 1. The molecule has 0 aliphatic heterocycles. The first-order chi connectivity index (χ1) is 12.4. The molecule has 26 heavy (non-hydrogen) atoms. The van der Waals surface area contributed by atoms with Crippen molar-refractivity contribution >= 4 is 5.91 Å². The number of nitrogens with one attached hydrogen (secondary N) is 1. The minimum Gasteiger partial charge on any atom is -0.390 e. The van der Waals surface area contributed by atoms with E-state index in [9.17, 15) is 15.0 Å². The molecule has 1 aromatic carbocycles. The van der Waals surface area contributed by atoms with E-state index in [1.165, 1.54) is 0 Å². The number of hydrogen-bond donors (Lipinski definition) is 3. The third-order valence-corrected chi connectivity index (χ3v) is 4.46. The Morgan fingerprint density at radius 2 is 2.04 bits per heavy atom. The molecule has 6 nitrogen and oxygen atoms in total. The molecule has 1 aromatic rings. The highest BCUT2D eigenvalue weighted by molar-refractivity contribution is 5.85. The lowest BCUT2D eigenvalue weighted by atomic mass is 9.78. The molecule has 0 aromatic heterocycles. The fraction of sp³-hybridized carbons (Fsp3) is 0.550. The molecular weight excluding hydrogens is 334 g/mol. The first-order valence-corrected chi connectivity index (χ1v) is 8.95. The maximum absolute atomic E-state index is 12.9. The Kier molecular flexibility index (Phi) is 7.34. The van der Waals surface area contributed by atoms with E-state index >= 15 is 0 Å². The number of ether oxygens (including phenoxy) is 2. The van der Waals surface area contributed by atoms with Gasteiger partial charge in [0.25, 0.3) is 5.91 Å². The van der Waals surface area contributed by atoms with Crippen LogP contribution in [0.25, 0.3) is 0 Å². The second kappa shape index (κ2) is 9.28. The molecule has 1 fully saturated rings. The molecule has 0 bridgehead atoms. The average Bonchev–Trinajstić information content (AvgIpc) is 2.62. The Morgan fingerprint density at radius 3 is 2.65 bits per heavy atom. The molecule has 144 valence electrons. The summed E-state index contributed by atoms with van der Waals surface area (Å²) in [5.74, 6) is -0.304. The average molecular weight is 363 g/mol. The first kappa shape index (κ1) is 20.6. The molecule has 1 aliphatic carbocycles. The number of aliphatic hydroxyl groups is 2. The molecule has 0 saturated heterocycles. The van der Waals surface area contributed by atoms with Crippen LogP contribution in [0.2, 0.25) is 0 Å². The van der Waals surface area contributed by atoms with E-state index < -0.39 is 23.9 Å². The van der Waals surface area contributed by atoms with E-state index in [4.69, 9.17) is 9.47 Å². The summed E-state index contributed by atoms with van der Waals surface area (Å²) in [6.07, 6.45) is -1.18. The third-order valence-electron chi connectivity index (χ3n) is 4.46. The Bertz CT molecular complexity index is 591. The van der Waals surface area contributed by atoms with Gasteiger partial charge >= 0.3 is 0 Å². The van der Waals surface area contributed by atoms with E-state index in [0.717, 1.165) is 5.56 Å². The van der Waals surface area contributed by atoms with E-state index in [-0.39, 0.29) is 38.0 Å². The van der Waals surface area contributed by atoms with Crippen LogP contribution in [0.5, 0.6) is 0 Å². The summed E-state index contributed by atoms with van der Waals surface area (Å²) in [7, 11) is 0. The zero-order valence-corrected chi connectivity index (χ0v) is 15.4. The van der Waals surface area contributed by atoms with E-state index in [0.29, 0.717) is 0 Å². The molecule has 1 amide bonds. The highest BCUT2D eigenvalue weighted by Crippen LogP contribution is 2.35. The predicted octanol–water partition coefficient (Wildman–Crippen LogP) is 1.55. The summed E-state index contributed by atoms with van der Waals surface area (Å²) in [5, 5.41) is 23.5. The molecule has 0 unspecified atom stereocenters. The third kappa shape index (κ3) is 5.14. The van der Waals surface area contributed by atoms with Crippen molar-refractivity contribution in [1.29, 1.82) is 0 Å². The quantitative estimate of drug-likeness (QED) is 0.610. The van der Waals surface area contributed by atoms with Gasteiger partial charge < -0.3 is 25.0 Å². The van der Waals surface area contributed by atoms with Crippen molar-refractivity contribution in [3.05, 3.63) is 48.6 Å². The monoisotopic (exact) mass is 363 g/mol. The van der Waals surface area contributed by atoms with Gasteiger partial charge in [0.1, 0.15) is 6.10 Å². The Hall–Kier alpha value is -1.73. The van der Waals surface area contributed by atoms with Crippen LogP contribution in [0.4, 0.5) is 0 Å². The molecular formula is C20H29NO5. The normalized spacial score (nSPS) is 28.7.